The van der Waals surface area contributed by atoms with E-state index >= 15 is 8.78 Å². The first kappa shape index (κ1) is 32.0. The molecule has 3 fully saturated rings. The van der Waals surface area contributed by atoms with E-state index in [9.17, 15) is 24.3 Å². The number of furan rings is 1. The van der Waals surface area contributed by atoms with Crippen molar-refractivity contribution in [3.63, 3.8) is 0 Å². The highest BCUT2D eigenvalue weighted by molar-refractivity contribution is 8.14. The van der Waals surface area contributed by atoms with Gasteiger partial charge in [0, 0.05) is 22.7 Å². The van der Waals surface area contributed by atoms with E-state index < -0.39 is 75.2 Å². The summed E-state index contributed by atoms with van der Waals surface area (Å²) in [6.07, 6.45) is 0.335. The van der Waals surface area contributed by atoms with Crippen LogP contribution in [-0.2, 0) is 23.8 Å². The number of aliphatic hydroxyl groups is 1. The molecule has 4 aliphatic carbocycles. The number of rotatable bonds is 5. The van der Waals surface area contributed by atoms with Crippen LogP contribution in [0, 0.1) is 40.4 Å². The first-order valence-electron chi connectivity index (χ1n) is 14.3. The van der Waals surface area contributed by atoms with Gasteiger partial charge in [0.1, 0.15) is 6.17 Å². The Kier molecular flexibility index (Phi) is 8.35. The molecule has 4 aliphatic rings. The fraction of sp³-hybridized carbons (Fsp3) is 0.562. The molecule has 9 atom stereocenters. The Morgan fingerprint density at radius 2 is 1.95 bits per heavy atom. The molecule has 3 saturated carbocycles. The lowest BCUT2D eigenvalue weighted by atomic mass is 9.44. The number of halogens is 2. The SMILES string of the molecule is COC(=O)OCC#CCSC(=O)[C@@]1(OC(=O)c2ccco2)[C@H](C)CC2C3C[C@H](F)C4=CC(=O)C=C[C@]4(C)[C@@]3(F)[C@@H](O)C[C@@]21C. The van der Waals surface area contributed by atoms with Crippen molar-refractivity contribution in [3.05, 3.63) is 48.0 Å². The van der Waals surface area contributed by atoms with Gasteiger partial charge in [-0.1, -0.05) is 43.5 Å². The highest BCUT2D eigenvalue weighted by Crippen LogP contribution is 2.72. The van der Waals surface area contributed by atoms with Crippen molar-refractivity contribution >= 4 is 34.8 Å². The van der Waals surface area contributed by atoms with Gasteiger partial charge in [-0.2, -0.15) is 0 Å². The maximum absolute atomic E-state index is 17.6. The average Bonchev–Trinajstić information content (AvgIpc) is 3.60. The average molecular weight is 633 g/mol. The van der Waals surface area contributed by atoms with Gasteiger partial charge < -0.3 is 23.7 Å². The topological polar surface area (TPSA) is 129 Å². The number of hydrogen-bond donors (Lipinski definition) is 1. The summed E-state index contributed by atoms with van der Waals surface area (Å²) in [5.74, 6) is 1.38. The molecule has 236 valence electrons. The highest BCUT2D eigenvalue weighted by Gasteiger charge is 2.78. The van der Waals surface area contributed by atoms with Crippen LogP contribution in [0.1, 0.15) is 50.6 Å². The number of aliphatic hydroxyl groups excluding tert-OH is 1. The Morgan fingerprint density at radius 3 is 2.64 bits per heavy atom. The number of allylic oxidation sites excluding steroid dienone is 4. The van der Waals surface area contributed by atoms with E-state index in [0.717, 1.165) is 24.9 Å². The summed E-state index contributed by atoms with van der Waals surface area (Å²) >= 11 is 0.783. The molecule has 1 aromatic rings. The monoisotopic (exact) mass is 632 g/mol. The normalized spacial score (nSPS) is 38.7. The van der Waals surface area contributed by atoms with Gasteiger partial charge in [0.15, 0.2) is 23.7 Å². The summed E-state index contributed by atoms with van der Waals surface area (Å²) in [6.45, 7) is 4.65. The van der Waals surface area contributed by atoms with Gasteiger partial charge in [0.05, 0.1) is 25.2 Å². The number of carbonyl (C=O) groups excluding carboxylic acids is 4. The summed E-state index contributed by atoms with van der Waals surface area (Å²) in [7, 11) is 1.16. The lowest BCUT2D eigenvalue weighted by Gasteiger charge is -2.63. The molecule has 9 nitrogen and oxygen atoms in total. The second-order valence-electron chi connectivity index (χ2n) is 12.3. The molecule has 0 spiro atoms. The third kappa shape index (κ3) is 4.62. The number of ether oxygens (including phenoxy) is 3. The van der Waals surface area contributed by atoms with E-state index in [4.69, 9.17) is 13.9 Å². The van der Waals surface area contributed by atoms with E-state index in [2.05, 4.69) is 16.6 Å². The van der Waals surface area contributed by atoms with Crippen LogP contribution in [0.5, 0.6) is 0 Å². The van der Waals surface area contributed by atoms with E-state index in [0.29, 0.717) is 0 Å². The number of alkyl halides is 2. The Bertz CT molecular complexity index is 1480. The number of esters is 1. The molecule has 0 aliphatic heterocycles. The van der Waals surface area contributed by atoms with Gasteiger partial charge in [-0.25, -0.2) is 18.4 Å². The number of thioether (sulfide) groups is 1. The zero-order valence-corrected chi connectivity index (χ0v) is 25.6. The molecule has 0 saturated heterocycles. The second-order valence-corrected chi connectivity index (χ2v) is 13.2. The number of methoxy groups -OCH3 is 1. The molecule has 1 N–H and O–H groups in total. The Morgan fingerprint density at radius 1 is 1.20 bits per heavy atom. The van der Waals surface area contributed by atoms with E-state index in [1.54, 1.807) is 13.8 Å². The minimum Gasteiger partial charge on any atom is -0.457 e. The molecule has 5 rings (SSSR count). The second kappa shape index (κ2) is 11.5. The smallest absolute Gasteiger partial charge is 0.457 e. The third-order valence-corrected chi connectivity index (χ3v) is 11.1. The van der Waals surface area contributed by atoms with Crippen LogP contribution in [-0.4, -0.2) is 71.1 Å². The maximum Gasteiger partial charge on any atom is 0.508 e. The summed E-state index contributed by atoms with van der Waals surface area (Å²) < 4.78 is 53.9. The zero-order valence-electron chi connectivity index (χ0n) is 24.8. The van der Waals surface area contributed by atoms with Crippen molar-refractivity contribution in [2.75, 3.05) is 19.5 Å². The van der Waals surface area contributed by atoms with Gasteiger partial charge >= 0.3 is 12.1 Å². The van der Waals surface area contributed by atoms with Crippen LogP contribution in [0.15, 0.2) is 46.6 Å². The number of hydrogen-bond acceptors (Lipinski definition) is 10. The maximum atomic E-state index is 17.6. The van der Waals surface area contributed by atoms with E-state index in [1.165, 1.54) is 37.5 Å². The van der Waals surface area contributed by atoms with Gasteiger partial charge in [-0.3, -0.25) is 9.59 Å². The fourth-order valence-electron chi connectivity index (χ4n) is 8.27. The van der Waals surface area contributed by atoms with E-state index in [-0.39, 0.29) is 43.0 Å². The first-order chi connectivity index (χ1) is 20.8. The molecular weight excluding hydrogens is 598 g/mol. The third-order valence-electron chi connectivity index (χ3n) is 10.3. The molecule has 2 unspecified atom stereocenters. The molecule has 0 bridgehead atoms. The predicted molar refractivity (Wildman–Crippen MR) is 154 cm³/mol. The fourth-order valence-corrected chi connectivity index (χ4v) is 9.27. The largest absolute Gasteiger partial charge is 0.508 e. The lowest BCUT2D eigenvalue weighted by Crippen LogP contribution is -2.70. The molecule has 1 heterocycles. The minimum atomic E-state index is -2.36. The van der Waals surface area contributed by atoms with Crippen LogP contribution in [0.2, 0.25) is 0 Å². The molecule has 1 aromatic heterocycles. The molecule has 0 aromatic carbocycles. The quantitative estimate of drug-likeness (QED) is 0.358. The van der Waals surface area contributed by atoms with Crippen LogP contribution in [0.25, 0.3) is 0 Å². The van der Waals surface area contributed by atoms with Crippen molar-refractivity contribution in [2.45, 2.75) is 63.6 Å². The molecule has 0 amide bonds. The van der Waals surface area contributed by atoms with Crippen molar-refractivity contribution < 1.29 is 51.7 Å². The van der Waals surface area contributed by atoms with Gasteiger partial charge in [-0.05, 0) is 62.0 Å². The predicted octanol–water partition coefficient (Wildman–Crippen LogP) is 4.79. The summed E-state index contributed by atoms with van der Waals surface area (Å²) in [5.41, 5.74) is -7.13. The molecule has 12 heteroatoms. The van der Waals surface area contributed by atoms with Gasteiger partial charge in [-0.15, -0.1) is 0 Å². The van der Waals surface area contributed by atoms with Crippen molar-refractivity contribution in [2.24, 2.45) is 28.6 Å². The van der Waals surface area contributed by atoms with Gasteiger partial charge in [0.25, 0.3) is 0 Å². The van der Waals surface area contributed by atoms with Crippen LogP contribution in [0.4, 0.5) is 13.6 Å². The van der Waals surface area contributed by atoms with Crippen LogP contribution in [0.3, 0.4) is 0 Å². The summed E-state index contributed by atoms with van der Waals surface area (Å²) in [6, 6.07) is 2.89. The number of ketones is 1. The first-order valence-corrected chi connectivity index (χ1v) is 15.3. The minimum absolute atomic E-state index is 0.00524. The van der Waals surface area contributed by atoms with Crippen molar-refractivity contribution in [1.82, 2.24) is 0 Å². The Balaban J connectivity index is 1.52. The van der Waals surface area contributed by atoms with Gasteiger partial charge in [0.2, 0.25) is 10.9 Å². The lowest BCUT2D eigenvalue weighted by molar-refractivity contribution is -0.221. The highest BCUT2D eigenvalue weighted by atomic mass is 32.2. The Hall–Kier alpha value is -3.43. The van der Waals surface area contributed by atoms with Crippen LogP contribution >= 0.6 is 11.8 Å². The molecular formula is C32H34F2O9S. The van der Waals surface area contributed by atoms with Crippen molar-refractivity contribution in [3.8, 4) is 11.8 Å². The Labute approximate surface area is 257 Å². The number of fused-ring (bicyclic) bond motifs is 5. The van der Waals surface area contributed by atoms with E-state index in [1.807, 2.05) is 0 Å². The van der Waals surface area contributed by atoms with Crippen LogP contribution < -0.4 is 0 Å². The molecule has 0 radical (unpaired) electrons. The van der Waals surface area contributed by atoms with Crippen molar-refractivity contribution in [1.29, 1.82) is 0 Å². The summed E-state index contributed by atoms with van der Waals surface area (Å²) in [5, 5.41) is 11.1. The molecule has 44 heavy (non-hydrogen) atoms. The summed E-state index contributed by atoms with van der Waals surface area (Å²) in [4.78, 5) is 50.9. The standard InChI is InChI=1S/C32H34F2O9S/c1-18-14-20-21-16-23(33)22-15-19(35)9-10-29(22,2)31(21,34)25(36)17-30(20,3)32(18,43-26(37)24-8-7-12-41-24)27(38)44-13-6-5-11-42-28(39)40-4/h7-10,12,15,18,20-21,23,25,36H,11,13-14,16-17H2,1-4H3/t18-,20?,21?,23+,25+,29+,30+,31+,32+/m1/s1. The zero-order chi connectivity index (χ0) is 32.1. The number of carbonyl (C=O) groups is 4.